The average Bonchev–Trinajstić information content (AvgIpc) is 2.47. The van der Waals surface area contributed by atoms with Crippen molar-refractivity contribution < 1.29 is 9.84 Å². The van der Waals surface area contributed by atoms with Gasteiger partial charge in [0, 0.05) is 32.6 Å². The molecule has 1 aromatic heterocycles. The largest absolute Gasteiger partial charge is 0.397 e. The number of hydrogen-bond donors (Lipinski definition) is 4. The van der Waals surface area contributed by atoms with Gasteiger partial charge in [0.2, 0.25) is 0 Å². The number of nitrogens with two attached hydrogens (primary N) is 1. The monoisotopic (exact) mass is 290 g/mol. The second-order valence-electron chi connectivity index (χ2n) is 5.38. The van der Waals surface area contributed by atoms with Crippen LogP contribution < -0.4 is 16.6 Å². The number of H-pyrrole nitrogens is 1. The number of nitrogens with zero attached hydrogens (tertiary/aromatic N) is 1. The van der Waals surface area contributed by atoms with Gasteiger partial charge < -0.3 is 25.9 Å². The molecule has 0 radical (unpaired) electrons. The van der Waals surface area contributed by atoms with Gasteiger partial charge in [-0.25, -0.2) is 4.98 Å². The van der Waals surface area contributed by atoms with Crippen molar-refractivity contribution in [3.05, 3.63) is 28.8 Å². The molecular formula is C14H18N4O3. The van der Waals surface area contributed by atoms with Crippen molar-refractivity contribution in [3.63, 3.8) is 0 Å². The number of rotatable bonds is 3. The summed E-state index contributed by atoms with van der Waals surface area (Å²) in [5, 5.41) is 14.0. The van der Waals surface area contributed by atoms with E-state index in [1.807, 2.05) is 0 Å². The van der Waals surface area contributed by atoms with Crippen LogP contribution in [-0.4, -0.2) is 40.4 Å². The highest BCUT2D eigenvalue weighted by atomic mass is 16.5. The topological polar surface area (TPSA) is 113 Å². The maximum Gasteiger partial charge on any atom is 0.258 e. The molecule has 1 aliphatic heterocycles. The molecule has 5 N–H and O–H groups in total. The molecule has 0 saturated carbocycles. The first-order valence-electron chi connectivity index (χ1n) is 6.88. The van der Waals surface area contributed by atoms with E-state index >= 15 is 0 Å². The second kappa shape index (κ2) is 5.34. The highest BCUT2D eigenvalue weighted by Gasteiger charge is 2.29. The second-order valence-corrected chi connectivity index (χ2v) is 5.38. The van der Waals surface area contributed by atoms with Crippen molar-refractivity contribution in [1.29, 1.82) is 0 Å². The molecular weight excluding hydrogens is 272 g/mol. The number of ether oxygens (including phenoxy) is 1. The number of anilines is 2. The van der Waals surface area contributed by atoms with Gasteiger partial charge in [-0.2, -0.15) is 0 Å². The molecule has 0 bridgehead atoms. The van der Waals surface area contributed by atoms with Crippen molar-refractivity contribution in [1.82, 2.24) is 9.97 Å². The molecule has 1 aliphatic rings. The molecule has 1 fully saturated rings. The smallest absolute Gasteiger partial charge is 0.258 e. The van der Waals surface area contributed by atoms with Gasteiger partial charge in [0.05, 0.1) is 34.2 Å². The Hall–Kier alpha value is -2.12. The van der Waals surface area contributed by atoms with Crippen LogP contribution in [0.5, 0.6) is 0 Å². The van der Waals surface area contributed by atoms with Gasteiger partial charge in [-0.05, 0) is 12.1 Å². The number of aromatic nitrogens is 2. The molecule has 0 atom stereocenters. The molecule has 2 heterocycles. The zero-order valence-corrected chi connectivity index (χ0v) is 11.6. The Balaban J connectivity index is 1.84. The Morgan fingerprint density at radius 1 is 1.43 bits per heavy atom. The highest BCUT2D eigenvalue weighted by Crippen LogP contribution is 2.26. The molecule has 7 heteroatoms. The molecule has 0 amide bonds. The first-order valence-corrected chi connectivity index (χ1v) is 6.88. The number of fused-ring (bicyclic) bond motifs is 1. The summed E-state index contributed by atoms with van der Waals surface area (Å²) >= 11 is 0. The molecule has 1 saturated heterocycles. The minimum atomic E-state index is -0.790. The van der Waals surface area contributed by atoms with Gasteiger partial charge in [-0.15, -0.1) is 0 Å². The Morgan fingerprint density at radius 2 is 2.19 bits per heavy atom. The predicted molar refractivity (Wildman–Crippen MR) is 80.3 cm³/mol. The van der Waals surface area contributed by atoms with Gasteiger partial charge in [-0.1, -0.05) is 0 Å². The van der Waals surface area contributed by atoms with Crippen molar-refractivity contribution in [2.75, 3.05) is 30.8 Å². The number of nitrogen functional groups attached to an aromatic ring is 1. The summed E-state index contributed by atoms with van der Waals surface area (Å²) in [6.07, 6.45) is 2.54. The lowest BCUT2D eigenvalue weighted by Crippen LogP contribution is -2.42. The summed E-state index contributed by atoms with van der Waals surface area (Å²) < 4.78 is 5.25. The van der Waals surface area contributed by atoms with E-state index in [0.29, 0.717) is 54.9 Å². The number of aliphatic hydroxyl groups is 1. The zero-order valence-electron chi connectivity index (χ0n) is 11.6. The molecule has 0 spiro atoms. The van der Waals surface area contributed by atoms with Crippen LogP contribution in [0.15, 0.2) is 23.3 Å². The van der Waals surface area contributed by atoms with E-state index in [-0.39, 0.29) is 5.56 Å². The SMILES string of the molecule is Nc1cc2c(=O)[nH]cnc2cc1NCC1(O)CCOCC1. The van der Waals surface area contributed by atoms with Crippen LogP contribution in [0.4, 0.5) is 11.4 Å². The molecule has 112 valence electrons. The number of hydrogen-bond acceptors (Lipinski definition) is 6. The van der Waals surface area contributed by atoms with Crippen molar-refractivity contribution in [2.24, 2.45) is 0 Å². The quantitative estimate of drug-likeness (QED) is 0.611. The molecule has 7 nitrogen and oxygen atoms in total. The molecule has 3 rings (SSSR count). The molecule has 1 aromatic carbocycles. The van der Waals surface area contributed by atoms with Crippen LogP contribution in [0.3, 0.4) is 0 Å². The Labute approximate surface area is 121 Å². The number of nitrogens with one attached hydrogen (secondary N) is 2. The minimum absolute atomic E-state index is 0.221. The first-order chi connectivity index (χ1) is 10.1. The predicted octanol–water partition coefficient (Wildman–Crippen LogP) is 0.459. The van der Waals surface area contributed by atoms with Crippen LogP contribution in [0.25, 0.3) is 10.9 Å². The summed E-state index contributed by atoms with van der Waals surface area (Å²) in [5.74, 6) is 0. The minimum Gasteiger partial charge on any atom is -0.397 e. The fraction of sp³-hybridized carbons (Fsp3) is 0.429. The molecule has 21 heavy (non-hydrogen) atoms. The van der Waals surface area contributed by atoms with Gasteiger partial charge in [0.1, 0.15) is 0 Å². The van der Waals surface area contributed by atoms with E-state index in [4.69, 9.17) is 10.5 Å². The van der Waals surface area contributed by atoms with Crippen LogP contribution >= 0.6 is 0 Å². The lowest BCUT2D eigenvalue weighted by atomic mass is 9.94. The third kappa shape index (κ3) is 2.84. The summed E-state index contributed by atoms with van der Waals surface area (Å²) in [6.45, 7) is 1.50. The summed E-state index contributed by atoms with van der Waals surface area (Å²) in [4.78, 5) is 18.3. The highest BCUT2D eigenvalue weighted by molar-refractivity contribution is 5.88. The van der Waals surface area contributed by atoms with E-state index < -0.39 is 5.60 Å². The molecule has 2 aromatic rings. The fourth-order valence-electron chi connectivity index (χ4n) is 2.47. The maximum atomic E-state index is 11.7. The van der Waals surface area contributed by atoms with E-state index in [1.165, 1.54) is 6.33 Å². The van der Waals surface area contributed by atoms with Crippen molar-refractivity contribution in [3.8, 4) is 0 Å². The average molecular weight is 290 g/mol. The van der Waals surface area contributed by atoms with E-state index in [0.717, 1.165) is 0 Å². The summed E-state index contributed by atoms with van der Waals surface area (Å²) in [5.41, 5.74) is 6.64. The third-order valence-electron chi connectivity index (χ3n) is 3.84. The number of benzene rings is 1. The van der Waals surface area contributed by atoms with Gasteiger partial charge in [-0.3, -0.25) is 4.79 Å². The zero-order chi connectivity index (χ0) is 14.9. The van der Waals surface area contributed by atoms with E-state index in [9.17, 15) is 9.90 Å². The van der Waals surface area contributed by atoms with Crippen LogP contribution in [-0.2, 0) is 4.74 Å². The summed E-state index contributed by atoms with van der Waals surface area (Å²) in [6, 6.07) is 3.32. The Bertz CT molecular complexity index is 707. The van der Waals surface area contributed by atoms with Gasteiger partial charge in [0.25, 0.3) is 5.56 Å². The lowest BCUT2D eigenvalue weighted by molar-refractivity contribution is -0.0543. The van der Waals surface area contributed by atoms with Crippen LogP contribution in [0.2, 0.25) is 0 Å². The third-order valence-corrected chi connectivity index (χ3v) is 3.84. The van der Waals surface area contributed by atoms with E-state index in [1.54, 1.807) is 12.1 Å². The van der Waals surface area contributed by atoms with Gasteiger partial charge in [0.15, 0.2) is 0 Å². The standard InChI is InChI=1S/C14H18N4O3/c15-10-5-9-11(17-8-18-13(9)19)6-12(10)16-7-14(20)1-3-21-4-2-14/h5-6,8,16,20H,1-4,7,15H2,(H,17,18,19). The molecule has 0 aliphatic carbocycles. The van der Waals surface area contributed by atoms with Crippen molar-refractivity contribution in [2.45, 2.75) is 18.4 Å². The summed E-state index contributed by atoms with van der Waals surface area (Å²) in [7, 11) is 0. The Morgan fingerprint density at radius 3 is 2.95 bits per heavy atom. The fourth-order valence-corrected chi connectivity index (χ4v) is 2.47. The van der Waals surface area contributed by atoms with Crippen LogP contribution in [0.1, 0.15) is 12.8 Å². The lowest BCUT2D eigenvalue weighted by Gasteiger charge is -2.32. The van der Waals surface area contributed by atoms with Crippen LogP contribution in [0, 0.1) is 0 Å². The Kier molecular flexibility index (Phi) is 3.52. The van der Waals surface area contributed by atoms with Gasteiger partial charge >= 0.3 is 0 Å². The first kappa shape index (κ1) is 13.8. The van der Waals surface area contributed by atoms with E-state index in [2.05, 4.69) is 15.3 Å². The normalized spacial score (nSPS) is 17.8. The number of aromatic amines is 1. The molecule has 0 unspecified atom stereocenters. The van der Waals surface area contributed by atoms with Crippen molar-refractivity contribution >= 4 is 22.3 Å². The maximum absolute atomic E-state index is 11.7.